The Kier molecular flexibility index (Phi) is 7.84. The van der Waals surface area contributed by atoms with Crippen LogP contribution in [0.25, 0.3) is 0 Å². The van der Waals surface area contributed by atoms with Crippen LogP contribution < -0.4 is 0 Å². The zero-order valence-electron chi connectivity index (χ0n) is 16.5. The van der Waals surface area contributed by atoms with Crippen molar-refractivity contribution in [1.29, 1.82) is 0 Å². The minimum Gasteiger partial charge on any atom is -0.444 e. The second-order valence-corrected chi connectivity index (χ2v) is 8.99. The van der Waals surface area contributed by atoms with Gasteiger partial charge in [0.2, 0.25) is 0 Å². The molecule has 146 valence electrons. The Labute approximate surface area is 162 Å². The van der Waals surface area contributed by atoms with E-state index in [1.54, 1.807) is 16.7 Å². The van der Waals surface area contributed by atoms with Gasteiger partial charge in [0.25, 0.3) is 0 Å². The number of carbonyl (C=O) groups excluding carboxylic acids is 1. The van der Waals surface area contributed by atoms with Crippen molar-refractivity contribution in [2.75, 3.05) is 19.3 Å². The van der Waals surface area contributed by atoms with Crippen LogP contribution in [-0.2, 0) is 11.2 Å². The first-order valence-electron chi connectivity index (χ1n) is 9.57. The Hall–Kier alpha value is -1.20. The third-order valence-electron chi connectivity index (χ3n) is 4.86. The lowest BCUT2D eigenvalue weighted by atomic mass is 9.88. The highest BCUT2D eigenvalue weighted by Gasteiger charge is 2.29. The summed E-state index contributed by atoms with van der Waals surface area (Å²) in [5, 5.41) is 10.5. The quantitative estimate of drug-likeness (QED) is 0.725. The maximum absolute atomic E-state index is 12.1. The van der Waals surface area contributed by atoms with Crippen LogP contribution in [0, 0.1) is 5.92 Å². The van der Waals surface area contributed by atoms with Gasteiger partial charge in [-0.15, -0.1) is 11.8 Å². The molecule has 1 aromatic carbocycles. The topological polar surface area (TPSA) is 49.8 Å². The van der Waals surface area contributed by atoms with Crippen molar-refractivity contribution in [3.63, 3.8) is 0 Å². The van der Waals surface area contributed by atoms with Crippen molar-refractivity contribution >= 4 is 17.9 Å². The molecule has 5 heteroatoms. The maximum Gasteiger partial charge on any atom is 0.410 e. The standard InChI is InChI=1S/C21H33NO3S/c1-21(2,3)25-20(24)22-14-12-17(13-15-22)19(23)7-5-6-16-8-10-18(26-4)11-9-16/h8-11,17,19,23H,5-7,12-15H2,1-4H3. The molecule has 1 unspecified atom stereocenters. The van der Waals surface area contributed by atoms with Crippen LogP contribution in [0.15, 0.2) is 29.2 Å². The van der Waals surface area contributed by atoms with Gasteiger partial charge in [-0.1, -0.05) is 12.1 Å². The Morgan fingerprint density at radius 1 is 1.27 bits per heavy atom. The Morgan fingerprint density at radius 3 is 2.42 bits per heavy atom. The zero-order chi connectivity index (χ0) is 19.2. The molecule has 0 radical (unpaired) electrons. The van der Waals surface area contributed by atoms with Crippen LogP contribution in [0.4, 0.5) is 4.79 Å². The summed E-state index contributed by atoms with van der Waals surface area (Å²) in [6.07, 6.45) is 6.08. The van der Waals surface area contributed by atoms with Gasteiger partial charge in [-0.3, -0.25) is 0 Å². The average molecular weight is 380 g/mol. The summed E-state index contributed by atoms with van der Waals surface area (Å²) >= 11 is 1.75. The lowest BCUT2D eigenvalue weighted by Crippen LogP contribution is -2.43. The summed E-state index contributed by atoms with van der Waals surface area (Å²) in [5.41, 5.74) is 0.872. The summed E-state index contributed by atoms with van der Waals surface area (Å²) < 4.78 is 5.43. The first kappa shape index (κ1) is 21.1. The number of aliphatic hydroxyl groups is 1. The van der Waals surface area contributed by atoms with Gasteiger partial charge in [0, 0.05) is 18.0 Å². The van der Waals surface area contributed by atoms with E-state index >= 15 is 0 Å². The highest BCUT2D eigenvalue weighted by Crippen LogP contribution is 2.25. The number of aliphatic hydroxyl groups excluding tert-OH is 1. The monoisotopic (exact) mass is 379 g/mol. The number of piperidine rings is 1. The SMILES string of the molecule is CSc1ccc(CCCC(O)C2CCN(C(=O)OC(C)(C)C)CC2)cc1. The number of amides is 1. The van der Waals surface area contributed by atoms with Crippen molar-refractivity contribution in [2.45, 2.75) is 69.5 Å². The fourth-order valence-corrected chi connectivity index (χ4v) is 3.74. The number of rotatable bonds is 6. The lowest BCUT2D eigenvalue weighted by Gasteiger charge is -2.35. The Morgan fingerprint density at radius 2 is 1.88 bits per heavy atom. The van der Waals surface area contributed by atoms with Gasteiger partial charge in [0.15, 0.2) is 0 Å². The molecule has 26 heavy (non-hydrogen) atoms. The highest BCUT2D eigenvalue weighted by atomic mass is 32.2. The van der Waals surface area contributed by atoms with Crippen molar-refractivity contribution in [2.24, 2.45) is 5.92 Å². The fourth-order valence-electron chi connectivity index (χ4n) is 3.34. The predicted molar refractivity (Wildman–Crippen MR) is 108 cm³/mol. The molecule has 0 bridgehead atoms. The molecule has 1 aliphatic heterocycles. The third kappa shape index (κ3) is 6.84. The van der Waals surface area contributed by atoms with Crippen LogP contribution in [0.5, 0.6) is 0 Å². The number of nitrogens with zero attached hydrogens (tertiary/aromatic N) is 1. The van der Waals surface area contributed by atoms with E-state index in [4.69, 9.17) is 4.74 Å². The summed E-state index contributed by atoms with van der Waals surface area (Å²) in [7, 11) is 0. The van der Waals surface area contributed by atoms with E-state index in [1.807, 2.05) is 20.8 Å². The molecule has 2 rings (SSSR count). The molecular formula is C21H33NO3S. The van der Waals surface area contributed by atoms with Crippen molar-refractivity contribution in [3.8, 4) is 0 Å². The Balaban J connectivity index is 1.69. The first-order valence-corrected chi connectivity index (χ1v) is 10.8. The molecule has 1 saturated heterocycles. The number of hydrogen-bond acceptors (Lipinski definition) is 4. The smallest absolute Gasteiger partial charge is 0.410 e. The van der Waals surface area contributed by atoms with E-state index < -0.39 is 5.60 Å². The molecule has 4 nitrogen and oxygen atoms in total. The van der Waals surface area contributed by atoms with Gasteiger partial charge in [-0.25, -0.2) is 4.79 Å². The molecule has 0 spiro atoms. The second-order valence-electron chi connectivity index (χ2n) is 8.11. The molecule has 1 aromatic rings. The largest absolute Gasteiger partial charge is 0.444 e. The van der Waals surface area contributed by atoms with Crippen LogP contribution in [0.2, 0.25) is 0 Å². The minimum absolute atomic E-state index is 0.237. The molecule has 1 fully saturated rings. The van der Waals surface area contributed by atoms with E-state index in [9.17, 15) is 9.90 Å². The fraction of sp³-hybridized carbons (Fsp3) is 0.667. The maximum atomic E-state index is 12.1. The van der Waals surface area contributed by atoms with E-state index in [0.717, 1.165) is 32.1 Å². The molecule has 1 N–H and O–H groups in total. The lowest BCUT2D eigenvalue weighted by molar-refractivity contribution is 0.00665. The van der Waals surface area contributed by atoms with Crippen LogP contribution in [0.1, 0.15) is 52.0 Å². The zero-order valence-corrected chi connectivity index (χ0v) is 17.3. The van der Waals surface area contributed by atoms with Gasteiger partial charge in [0.1, 0.15) is 5.60 Å². The van der Waals surface area contributed by atoms with E-state index in [-0.39, 0.29) is 18.1 Å². The summed E-state index contributed by atoms with van der Waals surface area (Å²) in [5.74, 6) is 0.285. The summed E-state index contributed by atoms with van der Waals surface area (Å²) in [6.45, 7) is 7.00. The van der Waals surface area contributed by atoms with Gasteiger partial charge in [-0.05, 0) is 82.7 Å². The molecule has 1 heterocycles. The van der Waals surface area contributed by atoms with Gasteiger partial charge in [0.05, 0.1) is 6.10 Å². The second kappa shape index (κ2) is 9.65. The number of hydrogen-bond donors (Lipinski definition) is 1. The number of thioether (sulfide) groups is 1. The van der Waals surface area contributed by atoms with Gasteiger partial charge in [-0.2, -0.15) is 0 Å². The Bertz CT molecular complexity index is 560. The van der Waals surface area contributed by atoms with E-state index in [1.165, 1.54) is 10.5 Å². The number of carbonyl (C=O) groups is 1. The van der Waals surface area contributed by atoms with Crippen LogP contribution in [0.3, 0.4) is 0 Å². The molecule has 1 aliphatic rings. The molecule has 0 saturated carbocycles. The van der Waals surface area contributed by atoms with E-state index in [2.05, 4.69) is 30.5 Å². The summed E-state index contributed by atoms with van der Waals surface area (Å²) in [4.78, 5) is 15.2. The predicted octanol–water partition coefficient (Wildman–Crippen LogP) is 4.74. The number of ether oxygens (including phenoxy) is 1. The van der Waals surface area contributed by atoms with Gasteiger partial charge >= 0.3 is 6.09 Å². The number of likely N-dealkylation sites (tertiary alicyclic amines) is 1. The van der Waals surface area contributed by atoms with Crippen molar-refractivity contribution < 1.29 is 14.6 Å². The van der Waals surface area contributed by atoms with E-state index in [0.29, 0.717) is 13.1 Å². The van der Waals surface area contributed by atoms with Crippen molar-refractivity contribution in [1.82, 2.24) is 4.90 Å². The molecule has 1 atom stereocenters. The molecule has 1 amide bonds. The first-order chi connectivity index (χ1) is 12.3. The van der Waals surface area contributed by atoms with Crippen molar-refractivity contribution in [3.05, 3.63) is 29.8 Å². The van der Waals surface area contributed by atoms with Gasteiger partial charge < -0.3 is 14.7 Å². The number of aryl methyl sites for hydroxylation is 1. The summed E-state index contributed by atoms with van der Waals surface area (Å²) in [6, 6.07) is 8.67. The third-order valence-corrected chi connectivity index (χ3v) is 5.60. The minimum atomic E-state index is -0.457. The number of benzene rings is 1. The normalized spacial score (nSPS) is 17.2. The van der Waals surface area contributed by atoms with Crippen LogP contribution in [-0.4, -0.2) is 47.1 Å². The average Bonchev–Trinajstić information content (AvgIpc) is 2.61. The molecular weight excluding hydrogens is 346 g/mol. The van der Waals surface area contributed by atoms with Crippen LogP contribution >= 0.6 is 11.8 Å². The molecule has 0 aliphatic carbocycles. The molecule has 0 aromatic heterocycles. The highest BCUT2D eigenvalue weighted by molar-refractivity contribution is 7.98.